The number of carbonyl (C=O) groups is 1. The summed E-state index contributed by atoms with van der Waals surface area (Å²) >= 11 is 0. The van der Waals surface area contributed by atoms with E-state index < -0.39 is 12.5 Å². The van der Waals surface area contributed by atoms with Crippen LogP contribution in [0.1, 0.15) is 16.1 Å². The summed E-state index contributed by atoms with van der Waals surface area (Å²) < 4.78 is 45.3. The fourth-order valence-electron chi connectivity index (χ4n) is 2.67. The number of rotatable bonds is 6. The maximum absolute atomic E-state index is 12.6. The smallest absolute Gasteiger partial charge is 0.387 e. The molecule has 8 heteroatoms. The summed E-state index contributed by atoms with van der Waals surface area (Å²) in [5.74, 6) is 0.181. The van der Waals surface area contributed by atoms with Gasteiger partial charge in [-0.25, -0.2) is 0 Å². The van der Waals surface area contributed by atoms with E-state index in [0.717, 1.165) is 5.39 Å². The highest BCUT2D eigenvalue weighted by Crippen LogP contribution is 2.33. The molecule has 3 rings (SSSR count). The summed E-state index contributed by atoms with van der Waals surface area (Å²) in [6.45, 7) is -1.27. The van der Waals surface area contributed by atoms with Gasteiger partial charge in [0.25, 0.3) is 5.91 Å². The second-order valence-electron chi connectivity index (χ2n) is 5.62. The van der Waals surface area contributed by atoms with Crippen molar-refractivity contribution in [3.05, 3.63) is 47.7 Å². The largest absolute Gasteiger partial charge is 0.497 e. The average molecular weight is 377 g/mol. The summed E-state index contributed by atoms with van der Waals surface area (Å²) in [4.78, 5) is 12.6. The number of ether oxygens (including phenoxy) is 3. The second-order valence-corrected chi connectivity index (χ2v) is 5.62. The number of benzene rings is 2. The summed E-state index contributed by atoms with van der Waals surface area (Å²) in [6, 6.07) is 9.39. The third-order valence-electron chi connectivity index (χ3n) is 3.99. The molecule has 0 atom stereocenters. The molecule has 0 radical (unpaired) electrons. The minimum absolute atomic E-state index is 0.116. The standard InChI is InChI=1S/C19H17F2NO5/c1-10-13-9-12(24-2)5-7-14(13)26-17(10)18(23)22-11-4-6-15(25-3)16(8-11)27-19(20)21/h4-9,19H,1-3H3,(H,22,23). The van der Waals surface area contributed by atoms with Crippen LogP contribution in [-0.4, -0.2) is 26.7 Å². The van der Waals surface area contributed by atoms with E-state index in [1.807, 2.05) is 0 Å². The number of hydrogen-bond donors (Lipinski definition) is 1. The van der Waals surface area contributed by atoms with Gasteiger partial charge in [-0.3, -0.25) is 4.79 Å². The molecule has 1 heterocycles. The molecule has 27 heavy (non-hydrogen) atoms. The minimum atomic E-state index is -3.02. The molecule has 0 aliphatic carbocycles. The van der Waals surface area contributed by atoms with Gasteiger partial charge in [0, 0.05) is 22.7 Å². The first kappa shape index (κ1) is 18.5. The molecule has 1 aromatic heterocycles. The Hall–Kier alpha value is -3.29. The van der Waals surface area contributed by atoms with Crippen molar-refractivity contribution in [2.45, 2.75) is 13.5 Å². The van der Waals surface area contributed by atoms with Crippen LogP contribution in [0.15, 0.2) is 40.8 Å². The quantitative estimate of drug-likeness (QED) is 0.679. The van der Waals surface area contributed by atoms with Crippen molar-refractivity contribution in [1.82, 2.24) is 0 Å². The molecule has 2 aromatic carbocycles. The Morgan fingerprint density at radius 3 is 2.52 bits per heavy atom. The number of nitrogens with one attached hydrogen (secondary N) is 1. The van der Waals surface area contributed by atoms with Crippen LogP contribution in [0.2, 0.25) is 0 Å². The molecular formula is C19H17F2NO5. The van der Waals surface area contributed by atoms with E-state index in [2.05, 4.69) is 10.1 Å². The van der Waals surface area contributed by atoms with E-state index in [9.17, 15) is 13.6 Å². The molecule has 0 fully saturated rings. The normalized spacial score (nSPS) is 10.9. The van der Waals surface area contributed by atoms with Gasteiger partial charge in [0.05, 0.1) is 14.2 Å². The number of furan rings is 1. The molecule has 3 aromatic rings. The van der Waals surface area contributed by atoms with Crippen LogP contribution >= 0.6 is 0 Å². The highest BCUT2D eigenvalue weighted by Gasteiger charge is 2.19. The van der Waals surface area contributed by atoms with Crippen molar-refractivity contribution in [3.63, 3.8) is 0 Å². The number of aryl methyl sites for hydroxylation is 1. The van der Waals surface area contributed by atoms with E-state index in [-0.39, 0.29) is 22.9 Å². The number of hydrogen-bond acceptors (Lipinski definition) is 5. The molecule has 142 valence electrons. The zero-order valence-corrected chi connectivity index (χ0v) is 14.8. The van der Waals surface area contributed by atoms with Gasteiger partial charge in [-0.05, 0) is 37.3 Å². The molecule has 1 N–H and O–H groups in total. The predicted molar refractivity (Wildman–Crippen MR) is 95.1 cm³/mol. The number of halogens is 2. The maximum atomic E-state index is 12.6. The van der Waals surface area contributed by atoms with Gasteiger partial charge < -0.3 is 23.9 Å². The lowest BCUT2D eigenvalue weighted by Gasteiger charge is -2.12. The molecule has 0 saturated heterocycles. The van der Waals surface area contributed by atoms with E-state index in [1.165, 1.54) is 25.3 Å². The van der Waals surface area contributed by atoms with Crippen LogP contribution in [0.25, 0.3) is 11.0 Å². The number of carbonyl (C=O) groups excluding carboxylic acids is 1. The van der Waals surface area contributed by atoms with Gasteiger partial charge in [-0.1, -0.05) is 0 Å². The molecule has 0 saturated carbocycles. The van der Waals surface area contributed by atoms with E-state index in [0.29, 0.717) is 16.9 Å². The third kappa shape index (κ3) is 3.79. The van der Waals surface area contributed by atoms with Gasteiger partial charge in [-0.15, -0.1) is 0 Å². The Morgan fingerprint density at radius 2 is 1.85 bits per heavy atom. The van der Waals surface area contributed by atoms with Gasteiger partial charge in [0.15, 0.2) is 17.3 Å². The molecule has 0 aliphatic heterocycles. The lowest BCUT2D eigenvalue weighted by molar-refractivity contribution is -0.0511. The van der Waals surface area contributed by atoms with Crippen LogP contribution in [0.3, 0.4) is 0 Å². The van der Waals surface area contributed by atoms with Crippen molar-refractivity contribution >= 4 is 22.6 Å². The summed E-state index contributed by atoms with van der Waals surface area (Å²) in [5, 5.41) is 3.36. The fourth-order valence-corrected chi connectivity index (χ4v) is 2.67. The molecule has 0 unspecified atom stereocenters. The highest BCUT2D eigenvalue weighted by atomic mass is 19.3. The van der Waals surface area contributed by atoms with Crippen molar-refractivity contribution < 1.29 is 32.2 Å². The number of anilines is 1. The van der Waals surface area contributed by atoms with Crippen molar-refractivity contribution in [2.75, 3.05) is 19.5 Å². The van der Waals surface area contributed by atoms with Crippen molar-refractivity contribution in [2.24, 2.45) is 0 Å². The van der Waals surface area contributed by atoms with Crippen molar-refractivity contribution in [3.8, 4) is 17.2 Å². The summed E-state index contributed by atoms with van der Waals surface area (Å²) in [5.41, 5.74) is 1.43. The van der Waals surface area contributed by atoms with Crippen LogP contribution in [0.4, 0.5) is 14.5 Å². The lowest BCUT2D eigenvalue weighted by atomic mass is 10.1. The minimum Gasteiger partial charge on any atom is -0.497 e. The molecule has 1 amide bonds. The van der Waals surface area contributed by atoms with Crippen LogP contribution in [0.5, 0.6) is 17.2 Å². The Balaban J connectivity index is 1.89. The second kappa shape index (κ2) is 7.53. The average Bonchev–Trinajstić information content (AvgIpc) is 2.97. The highest BCUT2D eigenvalue weighted by molar-refractivity contribution is 6.06. The topological polar surface area (TPSA) is 69.9 Å². The predicted octanol–water partition coefficient (Wildman–Crippen LogP) is 4.61. The number of methoxy groups -OCH3 is 2. The van der Waals surface area contributed by atoms with E-state index in [1.54, 1.807) is 32.2 Å². The first-order valence-corrected chi connectivity index (χ1v) is 7.94. The van der Waals surface area contributed by atoms with Crippen LogP contribution in [0, 0.1) is 6.92 Å². The van der Waals surface area contributed by atoms with Gasteiger partial charge in [0.1, 0.15) is 11.3 Å². The number of amides is 1. The van der Waals surface area contributed by atoms with E-state index >= 15 is 0 Å². The van der Waals surface area contributed by atoms with Gasteiger partial charge in [0.2, 0.25) is 0 Å². The Bertz CT molecular complexity index is 984. The molecule has 0 aliphatic rings. The van der Waals surface area contributed by atoms with Gasteiger partial charge >= 0.3 is 6.61 Å². The SMILES string of the molecule is COc1ccc2oc(C(=O)Nc3ccc(OC)c(OC(F)F)c3)c(C)c2c1. The Labute approximate surface area is 153 Å². The Kier molecular flexibility index (Phi) is 5.16. The monoisotopic (exact) mass is 377 g/mol. The van der Waals surface area contributed by atoms with Crippen molar-refractivity contribution in [1.29, 1.82) is 0 Å². The maximum Gasteiger partial charge on any atom is 0.387 e. The first-order chi connectivity index (χ1) is 12.9. The Morgan fingerprint density at radius 1 is 1.07 bits per heavy atom. The molecule has 0 spiro atoms. The summed E-state index contributed by atoms with van der Waals surface area (Å²) in [7, 11) is 2.88. The molecule has 6 nitrogen and oxygen atoms in total. The third-order valence-corrected chi connectivity index (χ3v) is 3.99. The number of alkyl halides is 2. The van der Waals surface area contributed by atoms with Crippen LogP contribution in [-0.2, 0) is 0 Å². The zero-order valence-electron chi connectivity index (χ0n) is 14.8. The first-order valence-electron chi connectivity index (χ1n) is 7.94. The summed E-state index contributed by atoms with van der Waals surface area (Å²) in [6.07, 6.45) is 0. The van der Waals surface area contributed by atoms with E-state index in [4.69, 9.17) is 13.9 Å². The lowest BCUT2D eigenvalue weighted by Crippen LogP contribution is -2.12. The zero-order chi connectivity index (χ0) is 19.6. The van der Waals surface area contributed by atoms with Gasteiger partial charge in [-0.2, -0.15) is 8.78 Å². The number of fused-ring (bicyclic) bond motifs is 1. The van der Waals surface area contributed by atoms with Crippen LogP contribution < -0.4 is 19.5 Å². The molecular weight excluding hydrogens is 360 g/mol. The fraction of sp³-hybridized carbons (Fsp3) is 0.211. The molecule has 0 bridgehead atoms.